The molecular weight excluding hydrogens is 950 g/mol. The molecule has 21 heteroatoms. The van der Waals surface area contributed by atoms with Gasteiger partial charge in [-0.2, -0.15) is 0 Å². The number of halogens is 1. The summed E-state index contributed by atoms with van der Waals surface area (Å²) >= 11 is 0. The van der Waals surface area contributed by atoms with Gasteiger partial charge in [0, 0.05) is 77.0 Å². The number of nitrogens with zero attached hydrogens (tertiary/aromatic N) is 3. The van der Waals surface area contributed by atoms with Gasteiger partial charge in [0.25, 0.3) is 0 Å². The smallest absolute Gasteiger partial charge is 0.408 e. The first-order chi connectivity index (χ1) is 32.2. The fourth-order valence-electron chi connectivity index (χ4n) is 6.95. The Morgan fingerprint density at radius 2 is 0.861 bits per heavy atom. The van der Waals surface area contributed by atoms with E-state index in [4.69, 9.17) is 40.3 Å². The van der Waals surface area contributed by atoms with Gasteiger partial charge < -0.3 is 61.5 Å². The van der Waals surface area contributed by atoms with Crippen LogP contribution in [0.4, 0.5) is 9.59 Å². The van der Waals surface area contributed by atoms with Crippen molar-refractivity contribution in [1.82, 2.24) is 36.0 Å². The van der Waals surface area contributed by atoms with E-state index >= 15 is 0 Å². The van der Waals surface area contributed by atoms with Gasteiger partial charge in [0.1, 0.15) is 23.3 Å². The number of morpholine rings is 3. The van der Waals surface area contributed by atoms with Gasteiger partial charge in [0.15, 0.2) is 0 Å². The number of nitrogens with one attached hydrogen (secondary N) is 4. The lowest BCUT2D eigenvalue weighted by atomic mass is 9.98. The highest BCUT2D eigenvalue weighted by atomic mass is 35.5. The minimum Gasteiger partial charge on any atom is -0.480 e. The van der Waals surface area contributed by atoms with E-state index in [1.807, 2.05) is 34.6 Å². The lowest BCUT2D eigenvalue weighted by molar-refractivity contribution is -0.140. The van der Waals surface area contributed by atoms with E-state index in [0.717, 1.165) is 98.3 Å². The summed E-state index contributed by atoms with van der Waals surface area (Å²) in [6.45, 7) is 41.0. The summed E-state index contributed by atoms with van der Waals surface area (Å²) in [6, 6.07) is -0.818. The van der Waals surface area contributed by atoms with Gasteiger partial charge in [0.05, 0.1) is 45.7 Å². The second-order valence-corrected chi connectivity index (χ2v) is 20.5. The predicted molar refractivity (Wildman–Crippen MR) is 292 cm³/mol. The van der Waals surface area contributed by atoms with Crippen LogP contribution in [0.1, 0.15) is 138 Å². The number of alkyl carbamates (subject to hydrolysis) is 2. The highest BCUT2D eigenvalue weighted by Gasteiger charge is 2.30. The molecule has 3 rings (SSSR count). The van der Waals surface area contributed by atoms with E-state index in [0.29, 0.717) is 31.6 Å². The van der Waals surface area contributed by atoms with Crippen LogP contribution in [0.2, 0.25) is 0 Å². The molecule has 0 saturated carbocycles. The van der Waals surface area contributed by atoms with E-state index in [9.17, 15) is 24.0 Å². The van der Waals surface area contributed by atoms with E-state index in [1.165, 1.54) is 0 Å². The molecular formula is C51H108ClN9O11. The molecule has 20 nitrogen and oxygen atoms in total. The van der Waals surface area contributed by atoms with Gasteiger partial charge in [-0.05, 0) is 80.1 Å². The molecule has 3 heterocycles. The summed E-state index contributed by atoms with van der Waals surface area (Å²) in [5.74, 6) is -1.13. The Kier molecular flexibility index (Phi) is 42.2. The average molecular weight is 1060 g/mol. The Labute approximate surface area is 442 Å². The first-order valence-corrected chi connectivity index (χ1v) is 25.4. The first-order valence-electron chi connectivity index (χ1n) is 25.4. The summed E-state index contributed by atoms with van der Waals surface area (Å²) in [7, 11) is 0. The number of carbonyl (C=O) groups excluding carboxylic acids is 4. The third kappa shape index (κ3) is 33.7. The summed E-state index contributed by atoms with van der Waals surface area (Å²) in [6.07, 6.45) is 1.13. The maximum Gasteiger partial charge on any atom is 0.408 e. The molecule has 4 amide bonds. The van der Waals surface area contributed by atoms with Crippen LogP contribution in [-0.4, -0.2) is 196 Å². The second-order valence-electron chi connectivity index (χ2n) is 20.5. The topological polar surface area (TPSA) is 262 Å². The Morgan fingerprint density at radius 1 is 0.556 bits per heavy atom. The Bertz CT molecular complexity index is 1440. The molecule has 0 aliphatic carbocycles. The van der Waals surface area contributed by atoms with Crippen LogP contribution >= 0.6 is 12.4 Å². The Hall–Kier alpha value is -3.08. The summed E-state index contributed by atoms with van der Waals surface area (Å²) in [5, 5.41) is 20.0. The van der Waals surface area contributed by atoms with Gasteiger partial charge in [0.2, 0.25) is 11.8 Å². The molecule has 0 spiro atoms. The zero-order valence-corrected chi connectivity index (χ0v) is 46.7. The summed E-state index contributed by atoms with van der Waals surface area (Å²) in [4.78, 5) is 65.8. The molecule has 3 fully saturated rings. The van der Waals surface area contributed by atoms with E-state index < -0.39 is 47.5 Å². The van der Waals surface area contributed by atoms with Gasteiger partial charge in [-0.1, -0.05) is 75.7 Å². The van der Waals surface area contributed by atoms with Crippen LogP contribution in [0, 0.1) is 17.8 Å². The fourth-order valence-corrected chi connectivity index (χ4v) is 6.95. The van der Waals surface area contributed by atoms with Crippen molar-refractivity contribution >= 4 is 42.4 Å². The Balaban J connectivity index is -0.000000440. The minimum atomic E-state index is -1.04. The van der Waals surface area contributed by atoms with E-state index in [-0.39, 0.29) is 62.9 Å². The number of carboxylic acids is 1. The predicted octanol–water partition coefficient (Wildman–Crippen LogP) is 5.33. The molecule has 9 N–H and O–H groups in total. The molecule has 0 aromatic heterocycles. The third-order valence-electron chi connectivity index (χ3n) is 12.4. The standard InChI is InChI=1S/C18H35N3O4.C13H27N3O2.C11H21NO4.C7H16N2O.2CH4.ClH/c1-7-13(2)15(20-17(23)25-18(4,5)6)16(22)19-12-14(3)21-8-10-24-11-9-21;1-4-10(2)12(14)13(17)15-9-11(3)16-5-7-18-8-6-16;1-6-7(2)8(9(13)14)12-10(15)16-11(3,4)5;1-7(6-8)9-2-4-10-5-3-9;;;/h13-15H,7-12H2,1-6H3,(H,19,22)(H,20,23);10-12H,4-9,14H2,1-3H3,(H,15,17);7-8H,6H2,1-5H3,(H,12,15)(H,13,14);7H,2-6,8H2,1H3;2*1H4;1H/t13-,14?,15-;10-,11?,12-;7-,8-;;;;/m000..../s1. The van der Waals surface area contributed by atoms with Crippen molar-refractivity contribution in [3.63, 3.8) is 0 Å². The molecule has 9 atom stereocenters. The largest absolute Gasteiger partial charge is 0.480 e. The van der Waals surface area contributed by atoms with E-state index in [2.05, 4.69) is 56.7 Å². The van der Waals surface area contributed by atoms with Crippen LogP contribution in [0.15, 0.2) is 0 Å². The third-order valence-corrected chi connectivity index (χ3v) is 12.4. The molecule has 0 radical (unpaired) electrons. The van der Waals surface area contributed by atoms with Crippen molar-refractivity contribution in [2.75, 3.05) is 98.5 Å². The SMILES string of the molecule is C.C.CC(CN)N1CCOCC1.CC[C@H](C)[C@H](N)C(=O)NCC(C)N1CCOCC1.CC[C@H](C)[C@H](NC(=O)OC(C)(C)C)C(=O)NCC(C)N1CCOCC1.CC[C@H](C)[C@H](NC(=O)OC(C)(C)C)C(=O)O.Cl. The number of aliphatic carboxylic acids is 1. The lowest BCUT2D eigenvalue weighted by Crippen LogP contribution is -2.54. The fraction of sp³-hybridized carbons (Fsp3) is 0.902. The van der Waals surface area contributed by atoms with Gasteiger partial charge in [-0.15, -0.1) is 12.4 Å². The van der Waals surface area contributed by atoms with Gasteiger partial charge in [-0.25, -0.2) is 14.4 Å². The molecule has 3 saturated heterocycles. The number of rotatable bonds is 19. The van der Waals surface area contributed by atoms with Crippen LogP contribution in [0.5, 0.6) is 0 Å². The Morgan fingerprint density at radius 3 is 1.17 bits per heavy atom. The number of hydrogen-bond acceptors (Lipinski definition) is 15. The van der Waals surface area contributed by atoms with Crippen LogP contribution in [-0.2, 0) is 38.1 Å². The zero-order valence-electron chi connectivity index (χ0n) is 45.9. The van der Waals surface area contributed by atoms with Crippen LogP contribution in [0.25, 0.3) is 0 Å². The molecule has 3 unspecified atom stereocenters. The zero-order chi connectivity index (χ0) is 52.9. The normalized spacial score (nSPS) is 19.1. The number of ether oxygens (including phenoxy) is 5. The number of nitrogens with two attached hydrogens (primary N) is 2. The molecule has 0 bridgehead atoms. The summed E-state index contributed by atoms with van der Waals surface area (Å²) < 4.78 is 26.2. The van der Waals surface area contributed by atoms with Crippen LogP contribution in [0.3, 0.4) is 0 Å². The molecule has 3 aliphatic heterocycles. The maximum atomic E-state index is 12.6. The van der Waals surface area contributed by atoms with E-state index in [1.54, 1.807) is 48.5 Å². The van der Waals surface area contributed by atoms with Gasteiger partial charge >= 0.3 is 18.2 Å². The number of amides is 4. The first kappa shape index (κ1) is 75.4. The van der Waals surface area contributed by atoms with Crippen LogP contribution < -0.4 is 32.7 Å². The number of hydrogen-bond donors (Lipinski definition) is 7. The molecule has 430 valence electrons. The van der Waals surface area contributed by atoms with Crippen molar-refractivity contribution < 1.29 is 52.8 Å². The quantitative estimate of drug-likeness (QED) is 0.0863. The molecule has 0 aromatic carbocycles. The number of carbonyl (C=O) groups is 5. The highest BCUT2D eigenvalue weighted by molar-refractivity contribution is 5.86. The molecule has 72 heavy (non-hydrogen) atoms. The van der Waals surface area contributed by atoms with Crippen molar-refractivity contribution in [3.8, 4) is 0 Å². The van der Waals surface area contributed by atoms with Crippen molar-refractivity contribution in [2.24, 2.45) is 29.2 Å². The minimum absolute atomic E-state index is 0. The molecule has 3 aliphatic rings. The average Bonchev–Trinajstić information content (AvgIpc) is 3.32. The lowest BCUT2D eigenvalue weighted by Gasteiger charge is -2.33. The monoisotopic (exact) mass is 1060 g/mol. The number of carboxylic acid groups (broad SMARTS) is 1. The summed E-state index contributed by atoms with van der Waals surface area (Å²) in [5.41, 5.74) is 10.2. The molecule has 0 aromatic rings. The van der Waals surface area contributed by atoms with Crippen molar-refractivity contribution in [1.29, 1.82) is 0 Å². The highest BCUT2D eigenvalue weighted by Crippen LogP contribution is 2.14. The second kappa shape index (κ2) is 40.3. The van der Waals surface area contributed by atoms with Crippen molar-refractivity contribution in [2.45, 2.75) is 185 Å². The van der Waals surface area contributed by atoms with Gasteiger partial charge in [-0.3, -0.25) is 24.3 Å². The maximum absolute atomic E-state index is 12.6. The van der Waals surface area contributed by atoms with Crippen molar-refractivity contribution in [3.05, 3.63) is 0 Å².